The Morgan fingerprint density at radius 1 is 1.50 bits per heavy atom. The second-order valence-corrected chi connectivity index (χ2v) is 1.28. The van der Waals surface area contributed by atoms with Crippen LogP contribution in [-0.4, -0.2) is 0 Å². The summed E-state index contributed by atoms with van der Waals surface area (Å²) < 4.78 is 0. The quantitative estimate of drug-likeness (QED) is 0.260. The molecule has 0 fully saturated rings. The zero-order valence-electron chi connectivity index (χ0n) is 4.78. The summed E-state index contributed by atoms with van der Waals surface area (Å²) in [6.07, 6.45) is 1.83. The van der Waals surface area contributed by atoms with Crippen molar-refractivity contribution in [2.75, 3.05) is 0 Å². The van der Waals surface area contributed by atoms with Gasteiger partial charge in [0, 0.05) is 0 Å². The summed E-state index contributed by atoms with van der Waals surface area (Å²) in [6.45, 7) is 7.56. The standard InChI is InChI=1S/C5H9.Na/c1-4-5(2)3;/h4H,1H2,2-3H3;/q-1;+1. The molecule has 0 N–H and O–H groups in total. The van der Waals surface area contributed by atoms with Gasteiger partial charge in [0.15, 0.2) is 0 Å². The molecule has 0 nitrogen and oxygen atoms in total. The molecule has 0 saturated carbocycles. The van der Waals surface area contributed by atoms with E-state index in [2.05, 4.69) is 6.92 Å². The third-order valence-electron chi connectivity index (χ3n) is 0.408. The van der Waals surface area contributed by atoms with E-state index in [4.69, 9.17) is 0 Å². The third kappa shape index (κ3) is 8.82. The normalized spacial score (nSPS) is 5.67. The Balaban J connectivity index is 0. The molecule has 0 aliphatic carbocycles. The van der Waals surface area contributed by atoms with E-state index in [1.165, 1.54) is 5.57 Å². The predicted molar refractivity (Wildman–Crippen MR) is 24.8 cm³/mol. The molecule has 0 aromatic carbocycles. The summed E-state index contributed by atoms with van der Waals surface area (Å²) in [7, 11) is 0. The van der Waals surface area contributed by atoms with Gasteiger partial charge in [0.2, 0.25) is 0 Å². The van der Waals surface area contributed by atoms with Crippen LogP contribution in [0.5, 0.6) is 0 Å². The number of hydrogen-bond donors (Lipinski definition) is 0. The van der Waals surface area contributed by atoms with Crippen molar-refractivity contribution in [3.05, 3.63) is 18.6 Å². The van der Waals surface area contributed by atoms with Crippen LogP contribution in [-0.2, 0) is 0 Å². The summed E-state index contributed by atoms with van der Waals surface area (Å²) in [4.78, 5) is 0. The second kappa shape index (κ2) is 5.61. The van der Waals surface area contributed by atoms with Crippen LogP contribution >= 0.6 is 0 Å². The SMILES string of the molecule is [CH2-]C=C(C)C.[Na+]. The van der Waals surface area contributed by atoms with Crippen molar-refractivity contribution in [1.29, 1.82) is 0 Å². The molecule has 0 aliphatic heterocycles. The van der Waals surface area contributed by atoms with Crippen LogP contribution in [0.2, 0.25) is 0 Å². The second-order valence-electron chi connectivity index (χ2n) is 1.28. The van der Waals surface area contributed by atoms with Crippen LogP contribution in [0.4, 0.5) is 0 Å². The first-order chi connectivity index (χ1) is 2.27. The van der Waals surface area contributed by atoms with Crippen LogP contribution in [0.25, 0.3) is 0 Å². The van der Waals surface area contributed by atoms with Gasteiger partial charge >= 0.3 is 29.6 Å². The maximum absolute atomic E-state index is 3.52. The summed E-state index contributed by atoms with van der Waals surface area (Å²) in [6, 6.07) is 0. The Morgan fingerprint density at radius 2 is 1.67 bits per heavy atom. The molecule has 0 saturated heterocycles. The van der Waals surface area contributed by atoms with Gasteiger partial charge in [-0.2, -0.15) is 0 Å². The molecule has 0 heterocycles. The van der Waals surface area contributed by atoms with E-state index in [1.54, 1.807) is 0 Å². The van der Waals surface area contributed by atoms with Crippen LogP contribution < -0.4 is 29.6 Å². The maximum atomic E-state index is 3.52. The number of rotatable bonds is 0. The molecule has 0 spiro atoms. The van der Waals surface area contributed by atoms with Crippen LogP contribution in [0.3, 0.4) is 0 Å². The first-order valence-corrected chi connectivity index (χ1v) is 1.70. The third-order valence-corrected chi connectivity index (χ3v) is 0.408. The molecule has 0 radical (unpaired) electrons. The minimum absolute atomic E-state index is 0. The summed E-state index contributed by atoms with van der Waals surface area (Å²) in [5, 5.41) is 0. The smallest absolute Gasteiger partial charge is 0.245 e. The van der Waals surface area contributed by atoms with E-state index < -0.39 is 0 Å². The maximum Gasteiger partial charge on any atom is 1.00 e. The molecule has 6 heavy (non-hydrogen) atoms. The van der Waals surface area contributed by atoms with Gasteiger partial charge in [-0.3, -0.25) is 0 Å². The minimum Gasteiger partial charge on any atom is -0.245 e. The van der Waals surface area contributed by atoms with Gasteiger partial charge in [-0.1, -0.05) is 0 Å². The van der Waals surface area contributed by atoms with Crippen molar-refractivity contribution in [2.24, 2.45) is 0 Å². The Bertz CT molecular complexity index is 41.9. The fourth-order valence-corrected chi connectivity index (χ4v) is 0. The van der Waals surface area contributed by atoms with Gasteiger partial charge in [0.1, 0.15) is 0 Å². The number of allylic oxidation sites excluding steroid dienone is 2. The molecule has 0 aromatic heterocycles. The van der Waals surface area contributed by atoms with Gasteiger partial charge < -0.3 is 0 Å². The zero-order valence-corrected chi connectivity index (χ0v) is 6.78. The Labute approximate surface area is 61.9 Å². The van der Waals surface area contributed by atoms with E-state index in [0.717, 1.165) is 0 Å². The number of hydrogen-bond acceptors (Lipinski definition) is 0. The molecular formula is C5H9Na. The zero-order chi connectivity index (χ0) is 4.28. The topological polar surface area (TPSA) is 0 Å². The molecule has 0 amide bonds. The van der Waals surface area contributed by atoms with E-state index in [1.807, 2.05) is 19.9 Å². The minimum atomic E-state index is 0. The molecule has 0 rings (SSSR count). The van der Waals surface area contributed by atoms with Crippen LogP contribution in [0.1, 0.15) is 13.8 Å². The Kier molecular flexibility index (Phi) is 9.15. The summed E-state index contributed by atoms with van der Waals surface area (Å²) in [5.74, 6) is 0. The van der Waals surface area contributed by atoms with E-state index >= 15 is 0 Å². The molecule has 0 aliphatic rings. The van der Waals surface area contributed by atoms with Gasteiger partial charge in [0.05, 0.1) is 0 Å². The van der Waals surface area contributed by atoms with E-state index in [0.29, 0.717) is 0 Å². The Morgan fingerprint density at radius 3 is 1.67 bits per heavy atom. The molecule has 1 heteroatoms. The summed E-state index contributed by atoms with van der Waals surface area (Å²) in [5.41, 5.74) is 1.27. The van der Waals surface area contributed by atoms with Crippen molar-refractivity contribution < 1.29 is 29.6 Å². The van der Waals surface area contributed by atoms with Crippen molar-refractivity contribution in [3.8, 4) is 0 Å². The predicted octanol–water partition coefficient (Wildman–Crippen LogP) is -1.21. The van der Waals surface area contributed by atoms with E-state index in [-0.39, 0.29) is 29.6 Å². The largest absolute Gasteiger partial charge is 1.00 e. The molecule has 0 unspecified atom stereocenters. The fraction of sp³-hybridized carbons (Fsp3) is 0.400. The average Bonchev–Trinajstić information content (AvgIpc) is 1.38. The summed E-state index contributed by atoms with van der Waals surface area (Å²) >= 11 is 0. The molecule has 0 bridgehead atoms. The van der Waals surface area contributed by atoms with Crippen LogP contribution in [0, 0.1) is 6.92 Å². The first-order valence-electron chi connectivity index (χ1n) is 1.70. The Hall–Kier alpha value is 0.610. The van der Waals surface area contributed by atoms with Crippen molar-refractivity contribution >= 4 is 0 Å². The van der Waals surface area contributed by atoms with Crippen LogP contribution in [0.15, 0.2) is 11.6 Å². The van der Waals surface area contributed by atoms with Crippen molar-refractivity contribution in [2.45, 2.75) is 13.8 Å². The fourth-order valence-electron chi connectivity index (χ4n) is 0. The van der Waals surface area contributed by atoms with Crippen molar-refractivity contribution in [3.63, 3.8) is 0 Å². The first kappa shape index (κ1) is 9.79. The van der Waals surface area contributed by atoms with Gasteiger partial charge in [-0.25, -0.2) is 18.6 Å². The van der Waals surface area contributed by atoms with Gasteiger partial charge in [0.25, 0.3) is 0 Å². The van der Waals surface area contributed by atoms with Crippen molar-refractivity contribution in [1.82, 2.24) is 0 Å². The average molecular weight is 92.1 g/mol. The molecule has 0 atom stereocenters. The molecular weight excluding hydrogens is 83.0 g/mol. The molecule has 30 valence electrons. The molecule has 0 aromatic rings. The van der Waals surface area contributed by atoms with Gasteiger partial charge in [-0.15, -0.1) is 13.8 Å². The van der Waals surface area contributed by atoms with E-state index in [9.17, 15) is 0 Å². The van der Waals surface area contributed by atoms with Gasteiger partial charge in [-0.05, 0) is 0 Å². The monoisotopic (exact) mass is 92.1 g/mol.